The first-order valence-electron chi connectivity index (χ1n) is 16.2. The number of benzene rings is 1. The van der Waals surface area contributed by atoms with Crippen LogP contribution in [0.2, 0.25) is 0 Å². The molecule has 0 radical (unpaired) electrons. The van der Waals surface area contributed by atoms with Gasteiger partial charge in [-0.3, -0.25) is 14.6 Å². The first kappa shape index (κ1) is 38.1. The number of aliphatic imine (C=N–C) groups is 1. The van der Waals surface area contributed by atoms with Gasteiger partial charge in [-0.15, -0.1) is 0 Å². The van der Waals surface area contributed by atoms with Crippen LogP contribution in [0.4, 0.5) is 0 Å². The predicted molar refractivity (Wildman–Crippen MR) is 187 cm³/mol. The van der Waals surface area contributed by atoms with E-state index in [1.165, 1.54) is 18.2 Å². The number of hydrogen-bond donors (Lipinski definition) is 6. The standard InChI is InChI=1S/C35H61N7O3/c1-32(2,3)22-18-24(33(4,5)6)27-23(28(34(7,8)9)42-26(27)19-22)20-25(36)29(43)41-21-35(30(44)45-11,14-12-16-39-10)15-13-17-40-31(37)38/h18-19,25,39,42H,12-17,20-21,36H2,1-11H3,(H,41,43)(H4,37,38,40)/t25-,35?/m0/s1. The summed E-state index contributed by atoms with van der Waals surface area (Å²) in [6.45, 7) is 21.1. The minimum Gasteiger partial charge on any atom is -0.469 e. The number of nitrogens with zero attached hydrogens (tertiary/aromatic N) is 1. The van der Waals surface area contributed by atoms with Crippen molar-refractivity contribution in [1.29, 1.82) is 0 Å². The van der Waals surface area contributed by atoms with Gasteiger partial charge in [0.2, 0.25) is 5.91 Å². The van der Waals surface area contributed by atoms with E-state index < -0.39 is 11.5 Å². The normalized spacial score (nSPS) is 14.6. The van der Waals surface area contributed by atoms with Gasteiger partial charge in [0.25, 0.3) is 0 Å². The summed E-state index contributed by atoms with van der Waals surface area (Å²) in [6, 6.07) is 3.73. The highest BCUT2D eigenvalue weighted by Crippen LogP contribution is 2.41. The summed E-state index contributed by atoms with van der Waals surface area (Å²) in [5.74, 6) is -0.670. The summed E-state index contributed by atoms with van der Waals surface area (Å²) >= 11 is 0. The molecular weight excluding hydrogens is 566 g/mol. The fourth-order valence-corrected chi connectivity index (χ4v) is 5.99. The van der Waals surface area contributed by atoms with Crippen molar-refractivity contribution in [2.75, 3.05) is 33.8 Å². The van der Waals surface area contributed by atoms with Gasteiger partial charge in [0.15, 0.2) is 5.96 Å². The molecule has 10 heteroatoms. The Morgan fingerprint density at radius 1 is 0.956 bits per heavy atom. The third-order valence-corrected chi connectivity index (χ3v) is 8.60. The molecule has 45 heavy (non-hydrogen) atoms. The van der Waals surface area contributed by atoms with E-state index in [-0.39, 0.29) is 40.6 Å². The number of methoxy groups -OCH3 is 1. The van der Waals surface area contributed by atoms with Crippen molar-refractivity contribution >= 4 is 28.7 Å². The molecule has 2 aromatic rings. The van der Waals surface area contributed by atoms with Crippen LogP contribution in [-0.4, -0.2) is 62.7 Å². The number of carbonyl (C=O) groups is 2. The number of amides is 1. The van der Waals surface area contributed by atoms with Gasteiger partial charge in [-0.2, -0.15) is 0 Å². The molecule has 1 unspecified atom stereocenters. The lowest BCUT2D eigenvalue weighted by molar-refractivity contribution is -0.154. The van der Waals surface area contributed by atoms with Gasteiger partial charge in [0.05, 0.1) is 18.6 Å². The Kier molecular flexibility index (Phi) is 12.7. The zero-order chi connectivity index (χ0) is 34.4. The molecule has 0 aliphatic carbocycles. The zero-order valence-corrected chi connectivity index (χ0v) is 29.8. The van der Waals surface area contributed by atoms with Crippen molar-refractivity contribution in [1.82, 2.24) is 15.6 Å². The maximum atomic E-state index is 13.7. The van der Waals surface area contributed by atoms with E-state index in [1.54, 1.807) is 0 Å². The number of carbonyl (C=O) groups excluding carboxylic acids is 2. The summed E-state index contributed by atoms with van der Waals surface area (Å²) < 4.78 is 5.25. The Morgan fingerprint density at radius 3 is 2.09 bits per heavy atom. The lowest BCUT2D eigenvalue weighted by Crippen LogP contribution is -2.49. The Morgan fingerprint density at radius 2 is 1.58 bits per heavy atom. The average Bonchev–Trinajstić information content (AvgIpc) is 3.30. The van der Waals surface area contributed by atoms with Crippen LogP contribution in [0.1, 0.15) is 110 Å². The Balaban J connectivity index is 2.49. The van der Waals surface area contributed by atoms with E-state index in [1.807, 2.05) is 7.05 Å². The van der Waals surface area contributed by atoms with E-state index in [0.717, 1.165) is 35.1 Å². The molecule has 0 spiro atoms. The van der Waals surface area contributed by atoms with E-state index in [9.17, 15) is 9.59 Å². The molecule has 0 saturated heterocycles. The van der Waals surface area contributed by atoms with Crippen LogP contribution in [0.3, 0.4) is 0 Å². The van der Waals surface area contributed by atoms with Crippen molar-refractivity contribution in [2.45, 2.75) is 117 Å². The zero-order valence-electron chi connectivity index (χ0n) is 29.8. The van der Waals surface area contributed by atoms with Crippen LogP contribution >= 0.6 is 0 Å². The third kappa shape index (κ3) is 9.94. The average molecular weight is 628 g/mol. The monoisotopic (exact) mass is 627 g/mol. The number of hydrogen-bond acceptors (Lipinski definition) is 6. The number of aromatic amines is 1. The second-order valence-electron chi connectivity index (χ2n) is 15.6. The molecule has 0 aliphatic rings. The van der Waals surface area contributed by atoms with Gasteiger partial charge in [-0.05, 0) is 79.3 Å². The Bertz CT molecular complexity index is 1340. The van der Waals surface area contributed by atoms with Gasteiger partial charge in [-0.25, -0.2) is 0 Å². The van der Waals surface area contributed by atoms with Crippen molar-refractivity contribution in [2.24, 2.45) is 27.6 Å². The van der Waals surface area contributed by atoms with Crippen molar-refractivity contribution in [3.8, 4) is 0 Å². The van der Waals surface area contributed by atoms with Crippen LogP contribution in [0.25, 0.3) is 10.9 Å². The first-order chi connectivity index (χ1) is 20.7. The molecule has 0 saturated carbocycles. The second-order valence-corrected chi connectivity index (χ2v) is 15.6. The van der Waals surface area contributed by atoms with Gasteiger partial charge in [0, 0.05) is 35.1 Å². The second kappa shape index (κ2) is 15.0. The lowest BCUT2D eigenvalue weighted by atomic mass is 9.77. The van der Waals surface area contributed by atoms with Crippen molar-refractivity contribution < 1.29 is 14.3 Å². The largest absolute Gasteiger partial charge is 0.469 e. The fraction of sp³-hybridized carbons (Fsp3) is 0.686. The van der Waals surface area contributed by atoms with Crippen molar-refractivity contribution in [3.63, 3.8) is 0 Å². The molecule has 0 bridgehead atoms. The van der Waals surface area contributed by atoms with Gasteiger partial charge < -0.3 is 37.6 Å². The van der Waals surface area contributed by atoms with Crippen LogP contribution in [0, 0.1) is 5.41 Å². The summed E-state index contributed by atoms with van der Waals surface area (Å²) in [5.41, 5.74) is 22.1. The molecule has 2 rings (SSSR count). The number of guanidine groups is 1. The number of aromatic nitrogens is 1. The lowest BCUT2D eigenvalue weighted by Gasteiger charge is -2.32. The number of ether oxygens (including phenoxy) is 1. The molecule has 9 N–H and O–H groups in total. The molecule has 1 amide bonds. The number of fused-ring (bicyclic) bond motifs is 1. The molecule has 1 heterocycles. The minimum atomic E-state index is -0.931. The molecule has 0 aliphatic heterocycles. The highest BCUT2D eigenvalue weighted by molar-refractivity contribution is 5.92. The molecule has 1 aromatic heterocycles. The van der Waals surface area contributed by atoms with E-state index in [2.05, 4.69) is 95.1 Å². The molecule has 1 aromatic carbocycles. The Labute approximate surface area is 271 Å². The highest BCUT2D eigenvalue weighted by atomic mass is 16.5. The summed E-state index contributed by atoms with van der Waals surface area (Å²) in [6.07, 6.45) is 2.62. The minimum absolute atomic E-state index is 0.00397. The van der Waals surface area contributed by atoms with Crippen LogP contribution in [0.15, 0.2) is 17.1 Å². The molecule has 2 atom stereocenters. The maximum Gasteiger partial charge on any atom is 0.313 e. The molecular formula is C35H61N7O3. The summed E-state index contributed by atoms with van der Waals surface area (Å²) in [5, 5.41) is 7.29. The van der Waals surface area contributed by atoms with Gasteiger partial charge >= 0.3 is 5.97 Å². The summed E-state index contributed by atoms with van der Waals surface area (Å²) in [7, 11) is 3.24. The first-order valence-corrected chi connectivity index (χ1v) is 16.2. The van der Waals surface area contributed by atoms with E-state index >= 15 is 0 Å². The van der Waals surface area contributed by atoms with Crippen LogP contribution < -0.4 is 27.8 Å². The molecule has 0 fully saturated rings. The number of nitrogens with two attached hydrogens (primary N) is 3. The van der Waals surface area contributed by atoms with Crippen LogP contribution in [-0.2, 0) is 37.0 Å². The third-order valence-electron chi connectivity index (χ3n) is 8.60. The highest BCUT2D eigenvalue weighted by Gasteiger charge is 2.39. The fourth-order valence-electron chi connectivity index (χ4n) is 5.99. The Hall–Kier alpha value is -3.11. The number of nitrogens with one attached hydrogen (secondary N) is 3. The SMILES string of the molecule is CNCCCC(CCCN=C(N)N)(CNC(=O)[C@@H](N)Cc1c(C(C)(C)C)[nH]c2cc(C(C)(C)C)cc(C(C)(C)C)c12)C(=O)OC. The quantitative estimate of drug-likeness (QED) is 0.0785. The predicted octanol–water partition coefficient (Wildman–Crippen LogP) is 4.26. The van der Waals surface area contributed by atoms with E-state index in [0.29, 0.717) is 32.2 Å². The van der Waals surface area contributed by atoms with Crippen LogP contribution in [0.5, 0.6) is 0 Å². The van der Waals surface area contributed by atoms with Crippen molar-refractivity contribution in [3.05, 3.63) is 34.5 Å². The van der Waals surface area contributed by atoms with Gasteiger partial charge in [-0.1, -0.05) is 68.4 Å². The van der Waals surface area contributed by atoms with E-state index in [4.69, 9.17) is 21.9 Å². The molecule has 10 nitrogen and oxygen atoms in total. The molecule has 254 valence electrons. The summed E-state index contributed by atoms with van der Waals surface area (Å²) in [4.78, 5) is 34.7. The maximum absolute atomic E-state index is 13.7. The number of H-pyrrole nitrogens is 1. The number of rotatable bonds is 14. The smallest absolute Gasteiger partial charge is 0.313 e. The topological polar surface area (TPSA) is 174 Å². The van der Waals surface area contributed by atoms with Gasteiger partial charge in [0.1, 0.15) is 0 Å². The number of esters is 1.